The van der Waals surface area contributed by atoms with Gasteiger partial charge in [-0.3, -0.25) is 4.79 Å². The summed E-state index contributed by atoms with van der Waals surface area (Å²) in [5.74, 6) is -0.134. The zero-order chi connectivity index (χ0) is 20.2. The van der Waals surface area contributed by atoms with Crippen molar-refractivity contribution in [1.82, 2.24) is 10.4 Å². The van der Waals surface area contributed by atoms with E-state index in [2.05, 4.69) is 10.5 Å². The normalized spacial score (nSPS) is 11.1. The molecule has 0 aliphatic rings. The lowest BCUT2D eigenvalue weighted by Gasteiger charge is -2.09. The Morgan fingerprint density at radius 1 is 1.00 bits per heavy atom. The minimum absolute atomic E-state index is 0.179. The number of aromatic hydroxyl groups is 1. The SMILES string of the molecule is Cc1ccc(-c2cc(C(=O)N/N=C\c3ccc(O)cc3)c3ccccc3n2)cc1. The van der Waals surface area contributed by atoms with Gasteiger partial charge in [0.2, 0.25) is 0 Å². The van der Waals surface area contributed by atoms with Crippen molar-refractivity contribution in [2.24, 2.45) is 5.10 Å². The van der Waals surface area contributed by atoms with Gasteiger partial charge in [-0.2, -0.15) is 5.10 Å². The van der Waals surface area contributed by atoms with Crippen LogP contribution in [0.3, 0.4) is 0 Å². The lowest BCUT2D eigenvalue weighted by Crippen LogP contribution is -2.18. The van der Waals surface area contributed by atoms with Gasteiger partial charge >= 0.3 is 0 Å². The van der Waals surface area contributed by atoms with Crippen molar-refractivity contribution in [3.8, 4) is 17.0 Å². The Hall–Kier alpha value is -3.99. The molecule has 4 rings (SSSR count). The Bertz CT molecular complexity index is 1200. The molecule has 0 aliphatic heterocycles. The molecule has 0 aliphatic carbocycles. The quantitative estimate of drug-likeness (QED) is 0.398. The molecule has 0 bridgehead atoms. The predicted octanol–water partition coefficient (Wildman–Crippen LogP) is 4.68. The molecule has 0 radical (unpaired) electrons. The fourth-order valence-corrected chi connectivity index (χ4v) is 3.02. The molecule has 0 saturated carbocycles. The first-order valence-electron chi connectivity index (χ1n) is 9.19. The highest BCUT2D eigenvalue weighted by atomic mass is 16.3. The fourth-order valence-electron chi connectivity index (χ4n) is 3.02. The molecule has 1 aromatic heterocycles. The van der Waals surface area contributed by atoms with E-state index >= 15 is 0 Å². The van der Waals surface area contributed by atoms with Crippen molar-refractivity contribution in [3.63, 3.8) is 0 Å². The molecule has 3 aromatic carbocycles. The first-order chi connectivity index (χ1) is 14.1. The molecule has 1 amide bonds. The first-order valence-corrected chi connectivity index (χ1v) is 9.19. The molecule has 0 fully saturated rings. The van der Waals surface area contributed by atoms with E-state index in [1.54, 1.807) is 30.3 Å². The minimum Gasteiger partial charge on any atom is -0.508 e. The summed E-state index contributed by atoms with van der Waals surface area (Å²) in [4.78, 5) is 17.6. The number of para-hydroxylation sites is 1. The Kier molecular flexibility index (Phi) is 5.03. The van der Waals surface area contributed by atoms with Crippen molar-refractivity contribution < 1.29 is 9.90 Å². The number of nitrogens with one attached hydrogen (secondary N) is 1. The summed E-state index contributed by atoms with van der Waals surface area (Å²) >= 11 is 0. The molecule has 5 nitrogen and oxygen atoms in total. The zero-order valence-corrected chi connectivity index (χ0v) is 15.8. The average Bonchev–Trinajstić information content (AvgIpc) is 2.75. The van der Waals surface area contributed by atoms with E-state index < -0.39 is 0 Å². The Morgan fingerprint density at radius 3 is 2.48 bits per heavy atom. The van der Waals surface area contributed by atoms with E-state index in [9.17, 15) is 9.90 Å². The maximum absolute atomic E-state index is 12.8. The summed E-state index contributed by atoms with van der Waals surface area (Å²) in [6, 6.07) is 23.9. The summed E-state index contributed by atoms with van der Waals surface area (Å²) in [5, 5.41) is 14.1. The number of hydrogen-bond donors (Lipinski definition) is 2. The molecule has 5 heteroatoms. The third-order valence-electron chi connectivity index (χ3n) is 4.58. The molecule has 0 spiro atoms. The minimum atomic E-state index is -0.313. The lowest BCUT2D eigenvalue weighted by atomic mass is 10.0. The number of hydrazone groups is 1. The van der Waals surface area contributed by atoms with Gasteiger partial charge in [0.15, 0.2) is 0 Å². The standard InChI is InChI=1S/C24H19N3O2/c1-16-6-10-18(11-7-16)23-14-21(20-4-2-3-5-22(20)26-23)24(29)27-25-15-17-8-12-19(28)13-9-17/h2-15,28H,1H3,(H,27,29)/b25-15-. The third-order valence-corrected chi connectivity index (χ3v) is 4.58. The van der Waals surface area contributed by atoms with Gasteiger partial charge in [-0.05, 0) is 48.9 Å². The molecular formula is C24H19N3O2. The smallest absolute Gasteiger partial charge is 0.272 e. The Balaban J connectivity index is 1.67. The summed E-state index contributed by atoms with van der Waals surface area (Å²) in [5.41, 5.74) is 7.45. The number of pyridine rings is 1. The molecule has 0 saturated heterocycles. The number of aryl methyl sites for hydroxylation is 1. The molecule has 29 heavy (non-hydrogen) atoms. The number of rotatable bonds is 4. The predicted molar refractivity (Wildman–Crippen MR) is 115 cm³/mol. The van der Waals surface area contributed by atoms with Gasteiger partial charge in [0.1, 0.15) is 5.75 Å². The van der Waals surface area contributed by atoms with Gasteiger partial charge in [0.25, 0.3) is 5.91 Å². The lowest BCUT2D eigenvalue weighted by molar-refractivity contribution is 0.0956. The van der Waals surface area contributed by atoms with E-state index in [1.807, 2.05) is 55.5 Å². The van der Waals surface area contributed by atoms with Crippen LogP contribution in [0.1, 0.15) is 21.5 Å². The molecule has 1 heterocycles. The van der Waals surface area contributed by atoms with Crippen LogP contribution < -0.4 is 5.43 Å². The van der Waals surface area contributed by atoms with Crippen LogP contribution in [0.2, 0.25) is 0 Å². The summed E-state index contributed by atoms with van der Waals surface area (Å²) in [6.45, 7) is 2.03. The molecular weight excluding hydrogens is 362 g/mol. The van der Waals surface area contributed by atoms with Gasteiger partial charge in [-0.15, -0.1) is 0 Å². The van der Waals surface area contributed by atoms with Crippen LogP contribution in [0, 0.1) is 6.92 Å². The largest absolute Gasteiger partial charge is 0.508 e. The summed E-state index contributed by atoms with van der Waals surface area (Å²) < 4.78 is 0. The van der Waals surface area contributed by atoms with Crippen LogP contribution >= 0.6 is 0 Å². The van der Waals surface area contributed by atoms with E-state index in [4.69, 9.17) is 4.98 Å². The average molecular weight is 381 g/mol. The van der Waals surface area contributed by atoms with Gasteiger partial charge in [-0.1, -0.05) is 48.0 Å². The zero-order valence-electron chi connectivity index (χ0n) is 15.8. The van der Waals surface area contributed by atoms with Crippen LogP contribution in [-0.4, -0.2) is 22.2 Å². The molecule has 4 aromatic rings. The number of carbonyl (C=O) groups is 1. The van der Waals surface area contributed by atoms with Crippen LogP contribution in [-0.2, 0) is 0 Å². The number of phenolic OH excluding ortho intramolecular Hbond substituents is 1. The second kappa shape index (κ2) is 7.94. The number of amides is 1. The van der Waals surface area contributed by atoms with Gasteiger partial charge in [0, 0.05) is 10.9 Å². The number of hydrogen-bond acceptors (Lipinski definition) is 4. The number of aromatic nitrogens is 1. The van der Waals surface area contributed by atoms with E-state index in [0.29, 0.717) is 5.56 Å². The number of phenols is 1. The maximum Gasteiger partial charge on any atom is 0.272 e. The number of fused-ring (bicyclic) bond motifs is 1. The fraction of sp³-hybridized carbons (Fsp3) is 0.0417. The molecule has 142 valence electrons. The highest BCUT2D eigenvalue weighted by Crippen LogP contribution is 2.25. The van der Waals surface area contributed by atoms with Crippen molar-refractivity contribution in [2.45, 2.75) is 6.92 Å². The van der Waals surface area contributed by atoms with Crippen LogP contribution in [0.25, 0.3) is 22.2 Å². The van der Waals surface area contributed by atoms with E-state index in [0.717, 1.165) is 33.3 Å². The van der Waals surface area contributed by atoms with Gasteiger partial charge in [-0.25, -0.2) is 10.4 Å². The van der Waals surface area contributed by atoms with Crippen LogP contribution in [0.15, 0.2) is 84.0 Å². The summed E-state index contributed by atoms with van der Waals surface area (Å²) in [6.07, 6.45) is 1.53. The summed E-state index contributed by atoms with van der Waals surface area (Å²) in [7, 11) is 0. The van der Waals surface area contributed by atoms with Crippen molar-refractivity contribution in [1.29, 1.82) is 0 Å². The Morgan fingerprint density at radius 2 is 1.72 bits per heavy atom. The number of benzene rings is 3. The first kappa shape index (κ1) is 18.4. The maximum atomic E-state index is 12.8. The molecule has 0 atom stereocenters. The highest BCUT2D eigenvalue weighted by molar-refractivity contribution is 6.07. The third kappa shape index (κ3) is 4.14. The second-order valence-electron chi connectivity index (χ2n) is 6.73. The highest BCUT2D eigenvalue weighted by Gasteiger charge is 2.13. The van der Waals surface area contributed by atoms with Crippen LogP contribution in [0.4, 0.5) is 0 Å². The van der Waals surface area contributed by atoms with E-state index in [1.165, 1.54) is 6.21 Å². The van der Waals surface area contributed by atoms with Crippen molar-refractivity contribution >= 4 is 23.0 Å². The number of nitrogens with zero attached hydrogens (tertiary/aromatic N) is 2. The van der Waals surface area contributed by atoms with Crippen molar-refractivity contribution in [2.75, 3.05) is 0 Å². The Labute approximate surface area is 168 Å². The van der Waals surface area contributed by atoms with Crippen molar-refractivity contribution in [3.05, 3.63) is 95.6 Å². The van der Waals surface area contributed by atoms with E-state index in [-0.39, 0.29) is 11.7 Å². The van der Waals surface area contributed by atoms with Gasteiger partial charge < -0.3 is 5.11 Å². The topological polar surface area (TPSA) is 74.6 Å². The number of carbonyl (C=O) groups excluding carboxylic acids is 1. The molecule has 2 N–H and O–H groups in total. The molecule has 0 unspecified atom stereocenters. The van der Waals surface area contributed by atoms with Crippen LogP contribution in [0.5, 0.6) is 5.75 Å². The van der Waals surface area contributed by atoms with Gasteiger partial charge in [0.05, 0.1) is 23.0 Å². The second-order valence-corrected chi connectivity index (χ2v) is 6.73. The monoisotopic (exact) mass is 381 g/mol.